The van der Waals surface area contributed by atoms with Crippen LogP contribution in [-0.2, 0) is 0 Å². The molecule has 0 saturated carbocycles. The number of benzene rings is 3. The van der Waals surface area contributed by atoms with Gasteiger partial charge in [0.25, 0.3) is 17.5 Å². The molecule has 156 valence electrons. The van der Waals surface area contributed by atoms with Crippen molar-refractivity contribution < 1.29 is 24.4 Å². The first-order valence-corrected chi connectivity index (χ1v) is 9.84. The number of rotatable bonds is 6. The summed E-state index contributed by atoms with van der Waals surface area (Å²) in [6.45, 7) is 0. The zero-order valence-electron chi connectivity index (χ0n) is 15.7. The van der Waals surface area contributed by atoms with E-state index >= 15 is 0 Å². The number of carbonyl (C=O) groups excluding carboxylic acids is 2. The van der Waals surface area contributed by atoms with Gasteiger partial charge < -0.3 is 15.7 Å². The number of anilines is 2. The quantitative estimate of drug-likeness (QED) is 0.245. The van der Waals surface area contributed by atoms with E-state index in [1.807, 2.05) is 6.07 Å². The molecule has 0 bridgehead atoms. The molecule has 0 aliphatic rings. The SMILES string of the molecule is O=C(Nc1ccccc1NC(=O)c1cccc([N+](=O)[O-])c1C(=O)O)c1cccc(I)c1. The number of carbonyl (C=O) groups is 3. The van der Waals surface area contributed by atoms with Crippen LogP contribution in [0.15, 0.2) is 66.7 Å². The summed E-state index contributed by atoms with van der Waals surface area (Å²) in [5, 5.41) is 25.8. The van der Waals surface area contributed by atoms with Gasteiger partial charge in [-0.1, -0.05) is 24.3 Å². The standard InChI is InChI=1S/C21H14IN3O6/c22-13-6-3-5-12(11-13)19(26)23-15-8-1-2-9-16(15)24-20(27)14-7-4-10-17(25(30)31)18(14)21(28)29/h1-11H,(H,23,26)(H,24,27)(H,28,29). The average molecular weight is 531 g/mol. The fourth-order valence-corrected chi connectivity index (χ4v) is 3.36. The fraction of sp³-hybridized carbons (Fsp3) is 0. The Labute approximate surface area is 189 Å². The molecule has 2 amide bonds. The third-order valence-electron chi connectivity index (χ3n) is 4.21. The van der Waals surface area contributed by atoms with Crippen molar-refractivity contribution in [3.63, 3.8) is 0 Å². The molecule has 0 saturated heterocycles. The van der Waals surface area contributed by atoms with Crippen LogP contribution in [0.2, 0.25) is 0 Å². The summed E-state index contributed by atoms with van der Waals surface area (Å²) >= 11 is 2.08. The molecular weight excluding hydrogens is 517 g/mol. The summed E-state index contributed by atoms with van der Waals surface area (Å²) in [5.74, 6) is -2.86. The summed E-state index contributed by atoms with van der Waals surface area (Å²) in [6, 6.07) is 16.7. The van der Waals surface area contributed by atoms with E-state index in [0.717, 1.165) is 9.64 Å². The lowest BCUT2D eigenvalue weighted by atomic mass is 10.0. The van der Waals surface area contributed by atoms with Crippen LogP contribution < -0.4 is 10.6 Å². The second-order valence-corrected chi connectivity index (χ2v) is 7.47. The zero-order valence-corrected chi connectivity index (χ0v) is 17.8. The minimum absolute atomic E-state index is 0.203. The largest absolute Gasteiger partial charge is 0.477 e. The highest BCUT2D eigenvalue weighted by atomic mass is 127. The van der Waals surface area contributed by atoms with E-state index in [1.54, 1.807) is 36.4 Å². The van der Waals surface area contributed by atoms with Crippen molar-refractivity contribution in [2.45, 2.75) is 0 Å². The van der Waals surface area contributed by atoms with E-state index in [-0.39, 0.29) is 16.9 Å². The van der Waals surface area contributed by atoms with E-state index in [0.29, 0.717) is 5.56 Å². The maximum Gasteiger partial charge on any atom is 0.343 e. The van der Waals surface area contributed by atoms with E-state index in [4.69, 9.17) is 0 Å². The van der Waals surface area contributed by atoms with E-state index < -0.39 is 34.0 Å². The lowest BCUT2D eigenvalue weighted by Crippen LogP contribution is -2.19. The van der Waals surface area contributed by atoms with Gasteiger partial charge in [0.2, 0.25) is 0 Å². The van der Waals surface area contributed by atoms with Crippen LogP contribution >= 0.6 is 22.6 Å². The van der Waals surface area contributed by atoms with Gasteiger partial charge in [-0.2, -0.15) is 0 Å². The Hall–Kier alpha value is -3.80. The van der Waals surface area contributed by atoms with E-state index in [1.165, 1.54) is 18.2 Å². The molecule has 0 spiro atoms. The summed E-state index contributed by atoms with van der Waals surface area (Å²) in [6.07, 6.45) is 0. The first-order valence-electron chi connectivity index (χ1n) is 8.76. The minimum atomic E-state index is -1.60. The Balaban J connectivity index is 1.90. The van der Waals surface area contributed by atoms with Gasteiger partial charge in [0.05, 0.1) is 21.9 Å². The molecule has 9 nitrogen and oxygen atoms in total. The highest BCUT2D eigenvalue weighted by Crippen LogP contribution is 2.26. The van der Waals surface area contributed by atoms with Crippen molar-refractivity contribution in [1.82, 2.24) is 0 Å². The number of nitro benzene ring substituents is 1. The molecule has 3 aromatic rings. The third kappa shape index (κ3) is 5.04. The summed E-state index contributed by atoms with van der Waals surface area (Å²) in [4.78, 5) is 47.2. The Morgan fingerprint density at radius 3 is 2.06 bits per heavy atom. The number of nitro groups is 1. The first kappa shape index (κ1) is 21.9. The Bertz CT molecular complexity index is 1210. The van der Waals surface area contributed by atoms with Gasteiger partial charge in [-0.25, -0.2) is 4.79 Å². The number of halogens is 1. The number of hydrogen-bond acceptors (Lipinski definition) is 5. The Morgan fingerprint density at radius 2 is 1.48 bits per heavy atom. The summed E-state index contributed by atoms with van der Waals surface area (Å²) < 4.78 is 0.874. The number of carboxylic acids is 1. The maximum atomic E-state index is 12.8. The average Bonchev–Trinajstić information content (AvgIpc) is 2.74. The van der Waals surface area contributed by atoms with Gasteiger partial charge in [-0.05, 0) is 59.0 Å². The molecule has 0 heterocycles. The monoisotopic (exact) mass is 531 g/mol. The summed E-state index contributed by atoms with van der Waals surface area (Å²) in [7, 11) is 0. The zero-order chi connectivity index (χ0) is 22.5. The number of aromatic carboxylic acids is 1. The summed E-state index contributed by atoms with van der Waals surface area (Å²) in [5.41, 5.74) is -0.887. The van der Waals surface area contributed by atoms with E-state index in [9.17, 15) is 29.6 Å². The molecule has 3 N–H and O–H groups in total. The molecule has 10 heteroatoms. The Morgan fingerprint density at radius 1 is 0.871 bits per heavy atom. The van der Waals surface area contributed by atoms with Crippen LogP contribution in [0.3, 0.4) is 0 Å². The predicted molar refractivity (Wildman–Crippen MR) is 122 cm³/mol. The predicted octanol–water partition coefficient (Wildman–Crippen LogP) is 4.40. The number of para-hydroxylation sites is 2. The molecular formula is C21H14IN3O6. The molecule has 3 rings (SSSR count). The smallest absolute Gasteiger partial charge is 0.343 e. The highest BCUT2D eigenvalue weighted by Gasteiger charge is 2.27. The molecule has 31 heavy (non-hydrogen) atoms. The second kappa shape index (κ2) is 9.34. The second-order valence-electron chi connectivity index (χ2n) is 6.23. The molecule has 0 unspecified atom stereocenters. The van der Waals surface area contributed by atoms with Crippen LogP contribution in [0.1, 0.15) is 31.1 Å². The minimum Gasteiger partial charge on any atom is -0.477 e. The Kier molecular flexibility index (Phi) is 6.60. The number of hydrogen-bond donors (Lipinski definition) is 3. The van der Waals surface area contributed by atoms with E-state index in [2.05, 4.69) is 33.2 Å². The normalized spacial score (nSPS) is 10.2. The number of nitrogens with zero attached hydrogens (tertiary/aromatic N) is 1. The van der Waals surface area contributed by atoms with Gasteiger partial charge >= 0.3 is 5.97 Å². The number of amides is 2. The van der Waals surface area contributed by atoms with Gasteiger partial charge in [-0.3, -0.25) is 19.7 Å². The van der Waals surface area contributed by atoms with Crippen LogP contribution in [-0.4, -0.2) is 27.8 Å². The number of carboxylic acid groups (broad SMARTS) is 1. The van der Waals surface area contributed by atoms with Crippen molar-refractivity contribution in [3.05, 3.63) is 97.1 Å². The van der Waals surface area contributed by atoms with Crippen LogP contribution in [0.25, 0.3) is 0 Å². The lowest BCUT2D eigenvalue weighted by Gasteiger charge is -2.13. The molecule has 0 aliphatic heterocycles. The first-order chi connectivity index (χ1) is 14.8. The van der Waals surface area contributed by atoms with Crippen molar-refractivity contribution in [3.8, 4) is 0 Å². The van der Waals surface area contributed by atoms with Gasteiger partial charge in [-0.15, -0.1) is 0 Å². The molecule has 0 radical (unpaired) electrons. The highest BCUT2D eigenvalue weighted by molar-refractivity contribution is 14.1. The number of nitrogens with one attached hydrogen (secondary N) is 2. The van der Waals surface area contributed by atoms with Crippen molar-refractivity contribution in [2.75, 3.05) is 10.6 Å². The van der Waals surface area contributed by atoms with Crippen LogP contribution in [0.5, 0.6) is 0 Å². The molecule has 0 atom stereocenters. The van der Waals surface area contributed by atoms with Crippen LogP contribution in [0.4, 0.5) is 17.1 Å². The van der Waals surface area contributed by atoms with Gasteiger partial charge in [0.1, 0.15) is 5.56 Å². The maximum absolute atomic E-state index is 12.8. The van der Waals surface area contributed by atoms with Gasteiger partial charge in [0.15, 0.2) is 0 Å². The topological polar surface area (TPSA) is 139 Å². The fourth-order valence-electron chi connectivity index (χ4n) is 2.82. The van der Waals surface area contributed by atoms with Crippen molar-refractivity contribution in [1.29, 1.82) is 0 Å². The molecule has 3 aromatic carbocycles. The third-order valence-corrected chi connectivity index (χ3v) is 4.88. The van der Waals surface area contributed by atoms with Crippen LogP contribution in [0, 0.1) is 13.7 Å². The molecule has 0 aromatic heterocycles. The van der Waals surface area contributed by atoms with Crippen molar-refractivity contribution >= 4 is 57.4 Å². The molecule has 0 aliphatic carbocycles. The van der Waals surface area contributed by atoms with Crippen molar-refractivity contribution in [2.24, 2.45) is 0 Å². The van der Waals surface area contributed by atoms with Gasteiger partial charge in [0, 0.05) is 15.2 Å². The lowest BCUT2D eigenvalue weighted by molar-refractivity contribution is -0.385. The molecule has 0 fully saturated rings.